The molecule has 0 spiro atoms. The van der Waals surface area contributed by atoms with E-state index in [9.17, 15) is 18.8 Å². The molecule has 2 N–H and O–H groups in total. The molecule has 0 saturated carbocycles. The fourth-order valence-electron chi connectivity index (χ4n) is 3.42. The van der Waals surface area contributed by atoms with Crippen LogP contribution in [0.5, 0.6) is 0 Å². The normalized spacial score (nSPS) is 18.8. The lowest BCUT2D eigenvalue weighted by atomic mass is 9.87. The first-order valence-electron chi connectivity index (χ1n) is 9.31. The number of benzene rings is 2. The van der Waals surface area contributed by atoms with Crippen LogP contribution in [0, 0.1) is 5.82 Å². The lowest BCUT2D eigenvalue weighted by Gasteiger charge is -2.25. The topological polar surface area (TPSA) is 81.8 Å². The van der Waals surface area contributed by atoms with Crippen LogP contribution in [0.4, 0.5) is 9.18 Å². The molecular weight excluding hydrogens is 375 g/mol. The molecule has 2 aromatic carbocycles. The number of nitrogens with one attached hydrogen (secondary N) is 2. The molecule has 0 radical (unpaired) electrons. The Bertz CT molecular complexity index is 921. The van der Waals surface area contributed by atoms with Gasteiger partial charge < -0.3 is 5.32 Å². The highest BCUT2D eigenvalue weighted by atomic mass is 19.1. The molecule has 1 atom stereocenters. The van der Waals surface area contributed by atoms with Gasteiger partial charge in [0.1, 0.15) is 11.4 Å². The fraction of sp³-hybridized carbons (Fsp3) is 0.286. The van der Waals surface area contributed by atoms with E-state index in [1.165, 1.54) is 6.07 Å². The minimum atomic E-state index is -1.22. The number of hydrogen-bond acceptors (Lipinski definition) is 4. The van der Waals surface area contributed by atoms with Crippen LogP contribution in [0.3, 0.4) is 0 Å². The molecule has 7 nitrogen and oxygen atoms in total. The van der Waals surface area contributed by atoms with Crippen molar-refractivity contribution in [2.75, 3.05) is 13.6 Å². The van der Waals surface area contributed by atoms with Crippen molar-refractivity contribution < 1.29 is 18.8 Å². The Kier molecular flexibility index (Phi) is 5.93. The zero-order valence-electron chi connectivity index (χ0n) is 16.3. The number of nitrogens with zero attached hydrogens (tertiary/aromatic N) is 2. The number of likely N-dealkylation sites (N-methyl/N-ethyl adjacent to an activating group) is 1. The monoisotopic (exact) mass is 398 g/mol. The Morgan fingerprint density at radius 2 is 1.79 bits per heavy atom. The summed E-state index contributed by atoms with van der Waals surface area (Å²) in [6, 6.07) is 14.5. The van der Waals surface area contributed by atoms with Gasteiger partial charge in [-0.05, 0) is 25.1 Å². The highest BCUT2D eigenvalue weighted by Crippen LogP contribution is 2.31. The lowest BCUT2D eigenvalue weighted by molar-refractivity contribution is -0.139. The number of amides is 4. The third kappa shape index (κ3) is 4.12. The Morgan fingerprint density at radius 3 is 2.45 bits per heavy atom. The van der Waals surface area contributed by atoms with Crippen LogP contribution in [-0.2, 0) is 21.7 Å². The summed E-state index contributed by atoms with van der Waals surface area (Å²) in [5.41, 5.74) is 2.25. The van der Waals surface area contributed by atoms with Crippen molar-refractivity contribution in [3.05, 3.63) is 71.5 Å². The minimum absolute atomic E-state index is 0.115. The number of carbonyl (C=O) groups is 3. The summed E-state index contributed by atoms with van der Waals surface area (Å²) in [5, 5.41) is 3.42. The molecule has 1 saturated heterocycles. The maximum absolute atomic E-state index is 13.8. The predicted molar refractivity (Wildman–Crippen MR) is 105 cm³/mol. The number of hydrazine groups is 1. The Morgan fingerprint density at radius 1 is 1.14 bits per heavy atom. The molecule has 1 heterocycles. The molecule has 0 bridgehead atoms. The van der Waals surface area contributed by atoms with Gasteiger partial charge in [0, 0.05) is 12.1 Å². The molecule has 3 rings (SSSR count). The molecule has 1 aliphatic rings. The van der Waals surface area contributed by atoms with E-state index in [1.54, 1.807) is 61.3 Å². The van der Waals surface area contributed by atoms with Crippen LogP contribution in [0.15, 0.2) is 54.6 Å². The summed E-state index contributed by atoms with van der Waals surface area (Å²) in [6.45, 7) is 1.89. The number of hydrogen-bond donors (Lipinski definition) is 2. The second-order valence-electron chi connectivity index (χ2n) is 6.99. The summed E-state index contributed by atoms with van der Waals surface area (Å²) in [7, 11) is 1.65. The number of halogens is 1. The molecule has 152 valence electrons. The van der Waals surface area contributed by atoms with Crippen molar-refractivity contribution in [2.24, 2.45) is 0 Å². The van der Waals surface area contributed by atoms with E-state index >= 15 is 0 Å². The van der Waals surface area contributed by atoms with E-state index in [0.29, 0.717) is 17.5 Å². The Balaban J connectivity index is 1.66. The second kappa shape index (κ2) is 8.40. The van der Waals surface area contributed by atoms with Gasteiger partial charge in [-0.3, -0.25) is 19.9 Å². The summed E-state index contributed by atoms with van der Waals surface area (Å²) >= 11 is 0. The first-order chi connectivity index (χ1) is 13.9. The summed E-state index contributed by atoms with van der Waals surface area (Å²) in [5.74, 6) is -1.45. The van der Waals surface area contributed by atoms with Crippen LogP contribution in [0.1, 0.15) is 24.5 Å². The van der Waals surface area contributed by atoms with E-state index in [2.05, 4.69) is 10.7 Å². The predicted octanol–water partition coefficient (Wildman–Crippen LogP) is 2.15. The summed E-state index contributed by atoms with van der Waals surface area (Å²) < 4.78 is 13.8. The quantitative estimate of drug-likeness (QED) is 0.701. The van der Waals surface area contributed by atoms with Gasteiger partial charge in [0.05, 0.1) is 6.54 Å². The van der Waals surface area contributed by atoms with E-state index in [1.807, 2.05) is 6.07 Å². The van der Waals surface area contributed by atoms with Crippen LogP contribution in [0.2, 0.25) is 0 Å². The van der Waals surface area contributed by atoms with Crippen LogP contribution < -0.4 is 10.7 Å². The van der Waals surface area contributed by atoms with Crippen molar-refractivity contribution in [3.63, 3.8) is 0 Å². The van der Waals surface area contributed by atoms with Gasteiger partial charge in [-0.1, -0.05) is 55.5 Å². The molecule has 1 fully saturated rings. The van der Waals surface area contributed by atoms with Gasteiger partial charge >= 0.3 is 6.03 Å². The third-order valence-corrected chi connectivity index (χ3v) is 4.94. The van der Waals surface area contributed by atoms with Crippen molar-refractivity contribution in [1.82, 2.24) is 20.7 Å². The molecule has 1 aliphatic heterocycles. The fourth-order valence-corrected chi connectivity index (χ4v) is 3.42. The van der Waals surface area contributed by atoms with Gasteiger partial charge in [0.25, 0.3) is 11.8 Å². The Labute approximate surface area is 168 Å². The molecule has 29 heavy (non-hydrogen) atoms. The van der Waals surface area contributed by atoms with Crippen molar-refractivity contribution in [2.45, 2.75) is 25.4 Å². The number of urea groups is 1. The molecule has 0 aliphatic carbocycles. The molecule has 4 amide bonds. The van der Waals surface area contributed by atoms with Crippen molar-refractivity contribution >= 4 is 17.8 Å². The summed E-state index contributed by atoms with van der Waals surface area (Å²) in [6.07, 6.45) is 0.334. The number of carbonyl (C=O) groups excluding carboxylic acids is 3. The molecule has 2 aromatic rings. The Hall–Kier alpha value is -3.26. The average Bonchev–Trinajstić information content (AvgIpc) is 2.95. The summed E-state index contributed by atoms with van der Waals surface area (Å²) in [4.78, 5) is 39.4. The second-order valence-corrected chi connectivity index (χ2v) is 6.99. The lowest BCUT2D eigenvalue weighted by Crippen LogP contribution is -2.50. The largest absolute Gasteiger partial charge is 0.344 e. The SMILES string of the molecule is CC[C@]1(c2ccccc2)NC(=O)N(NC(=O)CN(C)Cc2ccccc2F)C1=O. The van der Waals surface area contributed by atoms with Gasteiger partial charge in [-0.2, -0.15) is 5.01 Å². The van der Waals surface area contributed by atoms with Crippen LogP contribution in [-0.4, -0.2) is 41.3 Å². The van der Waals surface area contributed by atoms with Crippen molar-refractivity contribution in [3.8, 4) is 0 Å². The smallest absolute Gasteiger partial charge is 0.318 e. The van der Waals surface area contributed by atoms with E-state index in [-0.39, 0.29) is 18.9 Å². The third-order valence-electron chi connectivity index (χ3n) is 4.94. The zero-order valence-corrected chi connectivity index (χ0v) is 16.3. The first-order valence-corrected chi connectivity index (χ1v) is 9.31. The van der Waals surface area contributed by atoms with E-state index in [0.717, 1.165) is 5.01 Å². The van der Waals surface area contributed by atoms with Gasteiger partial charge in [-0.15, -0.1) is 0 Å². The van der Waals surface area contributed by atoms with Gasteiger partial charge in [0.2, 0.25) is 0 Å². The average molecular weight is 398 g/mol. The number of imide groups is 1. The first kappa shape index (κ1) is 20.5. The van der Waals surface area contributed by atoms with Crippen molar-refractivity contribution in [1.29, 1.82) is 0 Å². The van der Waals surface area contributed by atoms with Crippen LogP contribution >= 0.6 is 0 Å². The van der Waals surface area contributed by atoms with Crippen LogP contribution in [0.25, 0.3) is 0 Å². The number of rotatable bonds is 7. The molecular formula is C21H23FN4O3. The van der Waals surface area contributed by atoms with Gasteiger partial charge in [0.15, 0.2) is 0 Å². The minimum Gasteiger partial charge on any atom is -0.318 e. The molecule has 0 aromatic heterocycles. The maximum atomic E-state index is 13.8. The molecule has 0 unspecified atom stereocenters. The molecule has 8 heteroatoms. The standard InChI is InChI=1S/C21H23FN4O3/c1-3-21(16-10-5-4-6-11-16)19(28)26(20(29)23-21)24-18(27)14-25(2)13-15-9-7-8-12-17(15)22/h4-12H,3,13-14H2,1-2H3,(H,23,29)(H,24,27)/t21-/m1/s1. The van der Waals surface area contributed by atoms with Gasteiger partial charge in [-0.25, -0.2) is 9.18 Å². The zero-order chi connectivity index (χ0) is 21.0. The highest BCUT2D eigenvalue weighted by molar-refractivity contribution is 6.08. The van der Waals surface area contributed by atoms with E-state index < -0.39 is 23.4 Å². The van der Waals surface area contributed by atoms with E-state index in [4.69, 9.17) is 0 Å². The maximum Gasteiger partial charge on any atom is 0.344 e. The highest BCUT2D eigenvalue weighted by Gasteiger charge is 2.52.